The molecule has 1 amide bonds. The normalized spacial score (nSPS) is 23.0. The molecule has 4 rings (SSSR count). The Labute approximate surface area is 158 Å². The first-order valence-electron chi connectivity index (χ1n) is 9.79. The fraction of sp³-hybridized carbons (Fsp3) is 0.600. The lowest BCUT2D eigenvalue weighted by atomic mass is 9.78. The Kier molecular flexibility index (Phi) is 5.38. The van der Waals surface area contributed by atoms with Gasteiger partial charge < -0.3 is 14.6 Å². The van der Waals surface area contributed by atoms with Crippen molar-refractivity contribution in [1.82, 2.24) is 14.9 Å². The van der Waals surface area contributed by atoms with Crippen molar-refractivity contribution in [3.8, 4) is 5.75 Å². The van der Waals surface area contributed by atoms with E-state index in [0.29, 0.717) is 18.4 Å². The summed E-state index contributed by atoms with van der Waals surface area (Å²) in [6, 6.07) is 6.34. The van der Waals surface area contributed by atoms with Crippen molar-refractivity contribution in [2.24, 2.45) is 5.92 Å². The Morgan fingerprint density at radius 3 is 3.04 bits per heavy atom. The molecule has 1 saturated heterocycles. The van der Waals surface area contributed by atoms with Gasteiger partial charge in [0.15, 0.2) is 5.16 Å². The van der Waals surface area contributed by atoms with Crippen molar-refractivity contribution in [2.75, 3.05) is 18.9 Å². The van der Waals surface area contributed by atoms with Crippen LogP contribution in [0.15, 0.2) is 23.4 Å². The molecule has 0 spiro atoms. The number of nitrogens with one attached hydrogen (secondary N) is 1. The summed E-state index contributed by atoms with van der Waals surface area (Å²) in [5.41, 5.74) is 1.87. The number of imidazole rings is 1. The van der Waals surface area contributed by atoms with E-state index in [-0.39, 0.29) is 5.91 Å². The van der Waals surface area contributed by atoms with Crippen LogP contribution < -0.4 is 4.74 Å². The predicted molar refractivity (Wildman–Crippen MR) is 105 cm³/mol. The van der Waals surface area contributed by atoms with Gasteiger partial charge in [-0.3, -0.25) is 4.79 Å². The van der Waals surface area contributed by atoms with E-state index < -0.39 is 0 Å². The van der Waals surface area contributed by atoms with Gasteiger partial charge in [-0.2, -0.15) is 0 Å². The maximum absolute atomic E-state index is 12.8. The molecule has 2 aromatic rings. The molecule has 1 aromatic heterocycles. The van der Waals surface area contributed by atoms with E-state index >= 15 is 0 Å². The molecule has 2 heterocycles. The summed E-state index contributed by atoms with van der Waals surface area (Å²) in [6.45, 7) is 3.55. The van der Waals surface area contributed by atoms with Crippen LogP contribution in [0.5, 0.6) is 5.75 Å². The van der Waals surface area contributed by atoms with Gasteiger partial charge in [-0.15, -0.1) is 0 Å². The molecule has 6 heteroatoms. The van der Waals surface area contributed by atoms with E-state index in [1.807, 2.05) is 25.1 Å². The van der Waals surface area contributed by atoms with Crippen LogP contribution in [0.2, 0.25) is 0 Å². The lowest BCUT2D eigenvalue weighted by molar-refractivity contribution is -0.134. The molecule has 5 nitrogen and oxygen atoms in total. The first kappa shape index (κ1) is 17.7. The molecule has 1 saturated carbocycles. The summed E-state index contributed by atoms with van der Waals surface area (Å²) in [4.78, 5) is 22.9. The summed E-state index contributed by atoms with van der Waals surface area (Å²) in [5.74, 6) is 2.30. The third-order valence-electron chi connectivity index (χ3n) is 5.64. The second-order valence-corrected chi connectivity index (χ2v) is 8.25. The Hall–Kier alpha value is -1.69. The molecule has 2 aliphatic rings. The lowest BCUT2D eigenvalue weighted by Crippen LogP contribution is -2.50. The van der Waals surface area contributed by atoms with Gasteiger partial charge in [0.1, 0.15) is 5.75 Å². The van der Waals surface area contributed by atoms with Gasteiger partial charge in [0.05, 0.1) is 23.4 Å². The molecule has 26 heavy (non-hydrogen) atoms. The van der Waals surface area contributed by atoms with E-state index in [4.69, 9.17) is 4.74 Å². The van der Waals surface area contributed by atoms with Gasteiger partial charge in [-0.1, -0.05) is 24.6 Å². The molecule has 2 unspecified atom stereocenters. The molecule has 0 bridgehead atoms. The summed E-state index contributed by atoms with van der Waals surface area (Å²) < 4.78 is 5.54. The Bertz CT molecular complexity index is 774. The van der Waals surface area contributed by atoms with Crippen LogP contribution in [-0.2, 0) is 4.79 Å². The van der Waals surface area contributed by atoms with E-state index in [0.717, 1.165) is 40.8 Å². The molecule has 1 aliphatic carbocycles. The lowest BCUT2D eigenvalue weighted by Gasteiger charge is -2.44. The molecule has 1 aliphatic heterocycles. The van der Waals surface area contributed by atoms with Crippen molar-refractivity contribution in [3.05, 3.63) is 18.2 Å². The molecule has 2 atom stereocenters. The number of hydrogen-bond donors (Lipinski definition) is 1. The highest BCUT2D eigenvalue weighted by Gasteiger charge is 2.35. The summed E-state index contributed by atoms with van der Waals surface area (Å²) in [6.07, 6.45) is 7.54. The first-order chi connectivity index (χ1) is 12.7. The number of H-pyrrole nitrogens is 1. The number of thioether (sulfide) groups is 1. The van der Waals surface area contributed by atoms with Crippen LogP contribution in [0.1, 0.15) is 45.4 Å². The van der Waals surface area contributed by atoms with Crippen LogP contribution in [0, 0.1) is 5.92 Å². The van der Waals surface area contributed by atoms with Gasteiger partial charge in [0.25, 0.3) is 0 Å². The fourth-order valence-corrected chi connectivity index (χ4v) is 5.21. The second-order valence-electron chi connectivity index (χ2n) is 7.28. The third-order valence-corrected chi connectivity index (χ3v) is 6.50. The first-order valence-corrected chi connectivity index (χ1v) is 10.8. The predicted octanol–water partition coefficient (Wildman–Crippen LogP) is 4.23. The maximum Gasteiger partial charge on any atom is 0.233 e. The number of aromatic nitrogens is 2. The summed E-state index contributed by atoms with van der Waals surface area (Å²) in [7, 11) is 0. The van der Waals surface area contributed by atoms with E-state index in [9.17, 15) is 4.79 Å². The van der Waals surface area contributed by atoms with Crippen LogP contribution >= 0.6 is 11.8 Å². The quantitative estimate of drug-likeness (QED) is 0.797. The summed E-state index contributed by atoms with van der Waals surface area (Å²) in [5, 5.41) is 0.805. The number of piperidine rings is 1. The minimum absolute atomic E-state index is 0.266. The minimum atomic E-state index is 0.266. The number of nitrogens with zero attached hydrogens (tertiary/aromatic N) is 2. The molecule has 1 N–H and O–H groups in total. The van der Waals surface area contributed by atoms with Crippen molar-refractivity contribution in [1.29, 1.82) is 0 Å². The largest absolute Gasteiger partial charge is 0.494 e. The average molecular weight is 374 g/mol. The van der Waals surface area contributed by atoms with Crippen LogP contribution in [0.3, 0.4) is 0 Å². The summed E-state index contributed by atoms with van der Waals surface area (Å²) >= 11 is 1.51. The monoisotopic (exact) mass is 373 g/mol. The van der Waals surface area contributed by atoms with Gasteiger partial charge in [0, 0.05) is 18.7 Å². The van der Waals surface area contributed by atoms with Crippen molar-refractivity contribution in [3.63, 3.8) is 0 Å². The highest BCUT2D eigenvalue weighted by atomic mass is 32.2. The minimum Gasteiger partial charge on any atom is -0.494 e. The number of benzene rings is 1. The highest BCUT2D eigenvalue weighted by Crippen LogP contribution is 2.35. The number of carbonyl (C=O) groups excluding carboxylic acids is 1. The Balaban J connectivity index is 1.40. The fourth-order valence-electron chi connectivity index (χ4n) is 4.44. The van der Waals surface area contributed by atoms with Crippen molar-refractivity contribution in [2.45, 2.75) is 56.6 Å². The highest BCUT2D eigenvalue weighted by molar-refractivity contribution is 7.99. The zero-order chi connectivity index (χ0) is 17.9. The second kappa shape index (κ2) is 7.91. The number of rotatable bonds is 5. The maximum atomic E-state index is 12.8. The van der Waals surface area contributed by atoms with Gasteiger partial charge >= 0.3 is 0 Å². The zero-order valence-corrected chi connectivity index (χ0v) is 16.2. The molecule has 140 valence electrons. The van der Waals surface area contributed by atoms with Crippen molar-refractivity contribution < 1.29 is 9.53 Å². The molecule has 0 radical (unpaired) electrons. The SMILES string of the molecule is CCOc1ccc2nc(SCC(=O)N3CCCC4CCCCC43)[nH]c2c1. The Morgan fingerprint density at radius 1 is 1.31 bits per heavy atom. The van der Waals surface area contributed by atoms with Gasteiger partial charge in [-0.05, 0) is 50.7 Å². The number of hydrogen-bond acceptors (Lipinski definition) is 4. The molecule has 1 aromatic carbocycles. The van der Waals surface area contributed by atoms with Gasteiger partial charge in [0.2, 0.25) is 5.91 Å². The van der Waals surface area contributed by atoms with E-state index in [1.165, 1.54) is 43.9 Å². The van der Waals surface area contributed by atoms with Crippen LogP contribution in [0.4, 0.5) is 0 Å². The number of likely N-dealkylation sites (tertiary alicyclic amines) is 1. The average Bonchev–Trinajstić information content (AvgIpc) is 3.08. The number of aromatic amines is 1. The standard InChI is InChI=1S/C20H27N3O2S/c1-2-25-15-9-10-16-17(12-15)22-20(21-16)26-13-19(24)23-11-5-7-14-6-3-4-8-18(14)23/h9-10,12,14,18H,2-8,11,13H2,1H3,(H,21,22). The number of ether oxygens (including phenoxy) is 1. The molecule has 2 fully saturated rings. The number of amides is 1. The smallest absolute Gasteiger partial charge is 0.233 e. The van der Waals surface area contributed by atoms with Crippen LogP contribution in [-0.4, -0.2) is 45.7 Å². The zero-order valence-electron chi connectivity index (χ0n) is 15.4. The van der Waals surface area contributed by atoms with Crippen molar-refractivity contribution >= 4 is 28.7 Å². The third kappa shape index (κ3) is 3.70. The van der Waals surface area contributed by atoms with Gasteiger partial charge in [-0.25, -0.2) is 4.98 Å². The van der Waals surface area contributed by atoms with Crippen LogP contribution in [0.25, 0.3) is 11.0 Å². The number of fused-ring (bicyclic) bond motifs is 2. The topological polar surface area (TPSA) is 58.2 Å². The van der Waals surface area contributed by atoms with E-state index in [1.54, 1.807) is 0 Å². The Morgan fingerprint density at radius 2 is 2.15 bits per heavy atom. The molecular formula is C20H27N3O2S. The number of carbonyl (C=O) groups is 1. The van der Waals surface area contributed by atoms with E-state index in [2.05, 4.69) is 14.9 Å². The molecular weight excluding hydrogens is 346 g/mol.